The molecular formula is C12H14N2O. The molecule has 3 nitrogen and oxygen atoms in total. The minimum Gasteiger partial charge on any atom is -0.334 e. The molecule has 0 N–H and O–H groups in total. The highest BCUT2D eigenvalue weighted by atomic mass is 16.2. The summed E-state index contributed by atoms with van der Waals surface area (Å²) in [7, 11) is 0. The Kier molecular flexibility index (Phi) is 2.81. The Labute approximate surface area is 89.4 Å². The lowest BCUT2D eigenvalue weighted by atomic mass is 10.1. The Morgan fingerprint density at radius 2 is 2.47 bits per heavy atom. The van der Waals surface area contributed by atoms with Gasteiger partial charge in [0.15, 0.2) is 0 Å². The van der Waals surface area contributed by atoms with E-state index in [1.54, 1.807) is 12.2 Å². The predicted octanol–water partition coefficient (Wildman–Crippen LogP) is 1.54. The van der Waals surface area contributed by atoms with Crippen molar-refractivity contribution in [2.75, 3.05) is 6.54 Å². The van der Waals surface area contributed by atoms with E-state index in [0.717, 1.165) is 18.7 Å². The highest BCUT2D eigenvalue weighted by Gasteiger charge is 2.18. The van der Waals surface area contributed by atoms with E-state index in [4.69, 9.17) is 0 Å². The van der Waals surface area contributed by atoms with Crippen LogP contribution in [-0.2, 0) is 17.8 Å². The van der Waals surface area contributed by atoms with Gasteiger partial charge in [0.2, 0.25) is 5.91 Å². The minimum atomic E-state index is 0.0898. The summed E-state index contributed by atoms with van der Waals surface area (Å²) in [5.41, 5.74) is 2.30. The predicted molar refractivity (Wildman–Crippen MR) is 58.2 cm³/mol. The summed E-state index contributed by atoms with van der Waals surface area (Å²) in [6.07, 6.45) is 6.06. The van der Waals surface area contributed by atoms with Gasteiger partial charge in [0.05, 0.1) is 0 Å². The van der Waals surface area contributed by atoms with Crippen molar-refractivity contribution in [2.45, 2.75) is 19.9 Å². The van der Waals surface area contributed by atoms with Crippen LogP contribution in [-0.4, -0.2) is 22.3 Å². The van der Waals surface area contributed by atoms with Gasteiger partial charge in [-0.15, -0.1) is 0 Å². The third-order valence-electron chi connectivity index (χ3n) is 2.59. The molecule has 1 aromatic rings. The summed E-state index contributed by atoms with van der Waals surface area (Å²) in [5.74, 6) is 0.0898. The molecular weight excluding hydrogens is 188 g/mol. The van der Waals surface area contributed by atoms with Crippen molar-refractivity contribution in [3.05, 3.63) is 41.7 Å². The fraction of sp³-hybridized carbons (Fsp3) is 0.333. The first kappa shape index (κ1) is 9.90. The maximum Gasteiger partial charge on any atom is 0.246 e. The van der Waals surface area contributed by atoms with E-state index >= 15 is 0 Å². The molecule has 0 spiro atoms. The smallest absolute Gasteiger partial charge is 0.246 e. The Morgan fingerprint density at radius 1 is 1.60 bits per heavy atom. The summed E-state index contributed by atoms with van der Waals surface area (Å²) < 4.78 is 0. The second-order valence-electron chi connectivity index (χ2n) is 3.62. The number of hydrogen-bond donors (Lipinski definition) is 0. The lowest BCUT2D eigenvalue weighted by Gasteiger charge is -2.27. The average molecular weight is 202 g/mol. The van der Waals surface area contributed by atoms with Crippen molar-refractivity contribution < 1.29 is 4.79 Å². The van der Waals surface area contributed by atoms with Crippen LogP contribution in [0.1, 0.15) is 18.2 Å². The fourth-order valence-corrected chi connectivity index (χ4v) is 1.80. The molecule has 0 atom stereocenters. The second-order valence-corrected chi connectivity index (χ2v) is 3.62. The van der Waals surface area contributed by atoms with Crippen molar-refractivity contribution in [2.24, 2.45) is 0 Å². The molecule has 0 radical (unpaired) electrons. The topological polar surface area (TPSA) is 33.2 Å². The molecule has 2 heterocycles. The van der Waals surface area contributed by atoms with Gasteiger partial charge in [0, 0.05) is 31.4 Å². The van der Waals surface area contributed by atoms with Crippen LogP contribution in [0.5, 0.6) is 0 Å². The molecule has 0 aromatic carbocycles. The number of aromatic nitrogens is 1. The van der Waals surface area contributed by atoms with E-state index in [1.807, 2.05) is 30.2 Å². The van der Waals surface area contributed by atoms with Crippen molar-refractivity contribution in [3.8, 4) is 0 Å². The van der Waals surface area contributed by atoms with Crippen LogP contribution < -0.4 is 0 Å². The van der Waals surface area contributed by atoms with Gasteiger partial charge in [-0.3, -0.25) is 9.78 Å². The van der Waals surface area contributed by atoms with Gasteiger partial charge >= 0.3 is 0 Å². The third kappa shape index (κ3) is 2.06. The Balaban J connectivity index is 2.15. The molecule has 0 saturated heterocycles. The maximum atomic E-state index is 11.6. The van der Waals surface area contributed by atoms with Crippen LogP contribution in [0.3, 0.4) is 0 Å². The number of allylic oxidation sites excluding steroid dienone is 1. The molecule has 1 aromatic heterocycles. The number of nitrogens with zero attached hydrogens (tertiary/aromatic N) is 2. The summed E-state index contributed by atoms with van der Waals surface area (Å²) in [6, 6.07) is 3.96. The first-order valence-electron chi connectivity index (χ1n) is 5.15. The summed E-state index contributed by atoms with van der Waals surface area (Å²) in [5, 5.41) is 0. The zero-order valence-corrected chi connectivity index (χ0v) is 8.81. The normalized spacial score (nSPS) is 15.4. The number of carbonyl (C=O) groups excluding carboxylic acids is 1. The van der Waals surface area contributed by atoms with Gasteiger partial charge in [-0.25, -0.2) is 0 Å². The van der Waals surface area contributed by atoms with E-state index < -0.39 is 0 Å². The highest BCUT2D eigenvalue weighted by molar-refractivity contribution is 5.87. The van der Waals surface area contributed by atoms with Gasteiger partial charge in [0.25, 0.3) is 0 Å². The Bertz CT molecular complexity index is 398. The molecule has 1 aliphatic rings. The van der Waals surface area contributed by atoms with Crippen LogP contribution in [0.25, 0.3) is 0 Å². The van der Waals surface area contributed by atoms with Crippen LogP contribution in [0.2, 0.25) is 0 Å². The van der Waals surface area contributed by atoms with Crippen LogP contribution >= 0.6 is 0 Å². The quantitative estimate of drug-likeness (QED) is 0.647. The molecule has 1 aliphatic heterocycles. The maximum absolute atomic E-state index is 11.6. The van der Waals surface area contributed by atoms with Crippen LogP contribution in [0.4, 0.5) is 0 Å². The molecule has 0 bridgehead atoms. The van der Waals surface area contributed by atoms with Crippen LogP contribution in [0, 0.1) is 0 Å². The number of carbonyl (C=O) groups is 1. The standard InChI is InChI=1S/C12H14N2O/c1-2-4-12(15)14-8-6-11-10(9-14)5-3-7-13-11/h2-5,7H,6,8-9H2,1H3/b4-2+. The minimum absolute atomic E-state index is 0.0898. The summed E-state index contributed by atoms with van der Waals surface area (Å²) >= 11 is 0. The molecule has 2 rings (SSSR count). The zero-order valence-electron chi connectivity index (χ0n) is 8.81. The van der Waals surface area contributed by atoms with Crippen molar-refractivity contribution in [1.29, 1.82) is 0 Å². The van der Waals surface area contributed by atoms with Crippen LogP contribution in [0.15, 0.2) is 30.5 Å². The van der Waals surface area contributed by atoms with E-state index in [1.165, 1.54) is 5.56 Å². The Hall–Kier alpha value is -1.64. The largest absolute Gasteiger partial charge is 0.334 e. The first-order chi connectivity index (χ1) is 7.31. The first-order valence-corrected chi connectivity index (χ1v) is 5.15. The second kappa shape index (κ2) is 4.26. The van der Waals surface area contributed by atoms with Crippen molar-refractivity contribution in [3.63, 3.8) is 0 Å². The summed E-state index contributed by atoms with van der Waals surface area (Å²) in [6.45, 7) is 3.32. The van der Waals surface area contributed by atoms with Gasteiger partial charge in [-0.05, 0) is 24.6 Å². The fourth-order valence-electron chi connectivity index (χ4n) is 1.80. The molecule has 0 aliphatic carbocycles. The number of hydrogen-bond acceptors (Lipinski definition) is 2. The zero-order chi connectivity index (χ0) is 10.7. The van der Waals surface area contributed by atoms with Crippen molar-refractivity contribution in [1.82, 2.24) is 9.88 Å². The molecule has 3 heteroatoms. The van der Waals surface area contributed by atoms with E-state index in [2.05, 4.69) is 4.98 Å². The molecule has 15 heavy (non-hydrogen) atoms. The lowest BCUT2D eigenvalue weighted by Crippen LogP contribution is -2.35. The number of fused-ring (bicyclic) bond motifs is 1. The molecule has 0 fully saturated rings. The monoisotopic (exact) mass is 202 g/mol. The SMILES string of the molecule is C/C=C/C(=O)N1CCc2ncccc2C1. The van der Waals surface area contributed by atoms with E-state index in [-0.39, 0.29) is 5.91 Å². The lowest BCUT2D eigenvalue weighted by molar-refractivity contribution is -0.126. The van der Waals surface area contributed by atoms with Gasteiger partial charge in [-0.2, -0.15) is 0 Å². The number of amides is 1. The molecule has 0 unspecified atom stereocenters. The average Bonchev–Trinajstić information content (AvgIpc) is 2.29. The van der Waals surface area contributed by atoms with E-state index in [0.29, 0.717) is 6.54 Å². The molecule has 1 amide bonds. The van der Waals surface area contributed by atoms with Crippen molar-refractivity contribution >= 4 is 5.91 Å². The summed E-state index contributed by atoms with van der Waals surface area (Å²) in [4.78, 5) is 17.8. The third-order valence-corrected chi connectivity index (χ3v) is 2.59. The molecule has 0 saturated carbocycles. The Morgan fingerprint density at radius 3 is 3.27 bits per heavy atom. The highest BCUT2D eigenvalue weighted by Crippen LogP contribution is 2.16. The number of rotatable bonds is 1. The molecule has 78 valence electrons. The number of pyridine rings is 1. The van der Waals surface area contributed by atoms with Gasteiger partial charge in [0.1, 0.15) is 0 Å². The van der Waals surface area contributed by atoms with E-state index in [9.17, 15) is 4.79 Å². The van der Waals surface area contributed by atoms with Gasteiger partial charge in [-0.1, -0.05) is 12.1 Å². The van der Waals surface area contributed by atoms with Gasteiger partial charge < -0.3 is 4.90 Å².